The summed E-state index contributed by atoms with van der Waals surface area (Å²) in [6.45, 7) is 4.39. The topological polar surface area (TPSA) is 25.2 Å². The van der Waals surface area contributed by atoms with Crippen molar-refractivity contribution in [1.82, 2.24) is 4.98 Å². The molecule has 0 atom stereocenters. The maximum Gasteiger partial charge on any atom is 0.123 e. The van der Waals surface area contributed by atoms with Gasteiger partial charge in [-0.05, 0) is 70.6 Å². The Bertz CT molecular complexity index is 1020. The fourth-order valence-electron chi connectivity index (χ4n) is 3.38. The van der Waals surface area contributed by atoms with E-state index in [0.29, 0.717) is 5.92 Å². The zero-order valence-corrected chi connectivity index (χ0v) is 15.5. The molecule has 0 unspecified atom stereocenters. The van der Waals surface area contributed by atoms with Gasteiger partial charge in [-0.15, -0.1) is 0 Å². The molecule has 4 rings (SSSR count). The van der Waals surface area contributed by atoms with Gasteiger partial charge < -0.3 is 0 Å². The van der Waals surface area contributed by atoms with E-state index in [-0.39, 0.29) is 5.82 Å². The summed E-state index contributed by atoms with van der Waals surface area (Å²) in [5.41, 5.74) is 7.57. The highest BCUT2D eigenvalue weighted by atomic mass is 19.1. The normalized spacial score (nSPS) is 14.0. The Morgan fingerprint density at radius 2 is 1.59 bits per heavy atom. The highest BCUT2D eigenvalue weighted by molar-refractivity contribution is 6.16. The molecule has 0 bridgehead atoms. The van der Waals surface area contributed by atoms with Gasteiger partial charge in [0, 0.05) is 24.4 Å². The quantitative estimate of drug-likeness (QED) is 0.554. The molecule has 134 valence electrons. The highest BCUT2D eigenvalue weighted by Crippen LogP contribution is 2.37. The lowest BCUT2D eigenvalue weighted by molar-refractivity contribution is 0.627. The standard InChI is InChI=1S/C24H21FN2/c1-16(2)19-4-3-5-20(14-19)23-15-22(17-10-12-26-13-11-17)24(27-23)18-6-8-21(25)9-7-18/h3-14,16H,15H2,1-2H3. The zero-order valence-electron chi connectivity index (χ0n) is 15.5. The minimum Gasteiger partial charge on any atom is -0.265 e. The first-order valence-electron chi connectivity index (χ1n) is 9.19. The van der Waals surface area contributed by atoms with E-state index < -0.39 is 0 Å². The summed E-state index contributed by atoms with van der Waals surface area (Å²) in [6.07, 6.45) is 4.34. The average molecular weight is 356 g/mol. The van der Waals surface area contributed by atoms with Gasteiger partial charge in [-0.25, -0.2) is 4.39 Å². The summed E-state index contributed by atoms with van der Waals surface area (Å²) in [6, 6.07) is 19.1. The molecule has 1 aromatic heterocycles. The molecule has 0 saturated carbocycles. The number of hydrogen-bond donors (Lipinski definition) is 0. The third-order valence-corrected chi connectivity index (χ3v) is 4.91. The molecule has 0 saturated heterocycles. The van der Waals surface area contributed by atoms with Crippen LogP contribution in [0.1, 0.15) is 48.4 Å². The second-order valence-corrected chi connectivity index (χ2v) is 7.09. The van der Waals surface area contributed by atoms with Crippen LogP contribution < -0.4 is 0 Å². The Kier molecular flexibility index (Phi) is 4.68. The number of pyridine rings is 1. The molecule has 0 aliphatic carbocycles. The molecular formula is C24H21FN2. The summed E-state index contributed by atoms with van der Waals surface area (Å²) < 4.78 is 13.4. The lowest BCUT2D eigenvalue weighted by Gasteiger charge is -2.09. The summed E-state index contributed by atoms with van der Waals surface area (Å²) in [7, 11) is 0. The van der Waals surface area contributed by atoms with Gasteiger partial charge in [0.2, 0.25) is 0 Å². The van der Waals surface area contributed by atoms with E-state index in [2.05, 4.69) is 43.1 Å². The minimum absolute atomic E-state index is 0.239. The number of allylic oxidation sites excluding steroid dienone is 1. The molecule has 1 aliphatic heterocycles. The van der Waals surface area contributed by atoms with Crippen molar-refractivity contribution in [3.05, 3.63) is 101 Å². The number of hydrogen-bond acceptors (Lipinski definition) is 2. The Balaban J connectivity index is 1.79. The van der Waals surface area contributed by atoms with E-state index in [9.17, 15) is 4.39 Å². The number of benzene rings is 2. The van der Waals surface area contributed by atoms with Crippen LogP contribution in [0.25, 0.3) is 11.3 Å². The van der Waals surface area contributed by atoms with Gasteiger partial charge in [-0.3, -0.25) is 9.98 Å². The van der Waals surface area contributed by atoms with Gasteiger partial charge in [0.1, 0.15) is 5.82 Å². The van der Waals surface area contributed by atoms with Gasteiger partial charge in [0.15, 0.2) is 0 Å². The van der Waals surface area contributed by atoms with Crippen molar-refractivity contribution in [2.75, 3.05) is 0 Å². The molecule has 0 spiro atoms. The van der Waals surface area contributed by atoms with Crippen molar-refractivity contribution in [1.29, 1.82) is 0 Å². The molecule has 2 nitrogen and oxygen atoms in total. The third-order valence-electron chi connectivity index (χ3n) is 4.91. The highest BCUT2D eigenvalue weighted by Gasteiger charge is 2.22. The first-order valence-corrected chi connectivity index (χ1v) is 9.19. The first kappa shape index (κ1) is 17.3. The molecule has 2 aromatic carbocycles. The van der Waals surface area contributed by atoms with Gasteiger partial charge in [0.25, 0.3) is 0 Å². The van der Waals surface area contributed by atoms with Crippen LogP contribution in [0.5, 0.6) is 0 Å². The summed E-state index contributed by atoms with van der Waals surface area (Å²) >= 11 is 0. The van der Waals surface area contributed by atoms with Crippen LogP contribution >= 0.6 is 0 Å². The molecule has 27 heavy (non-hydrogen) atoms. The lowest BCUT2D eigenvalue weighted by atomic mass is 9.94. The van der Waals surface area contributed by atoms with Crippen molar-refractivity contribution in [3.63, 3.8) is 0 Å². The third kappa shape index (κ3) is 3.59. The lowest BCUT2D eigenvalue weighted by Crippen LogP contribution is -2.00. The van der Waals surface area contributed by atoms with E-state index >= 15 is 0 Å². The monoisotopic (exact) mass is 356 g/mol. The van der Waals surface area contributed by atoms with Crippen molar-refractivity contribution in [2.45, 2.75) is 26.2 Å². The molecule has 0 fully saturated rings. The van der Waals surface area contributed by atoms with E-state index in [1.165, 1.54) is 17.7 Å². The average Bonchev–Trinajstić information content (AvgIpc) is 3.15. The van der Waals surface area contributed by atoms with E-state index in [1.54, 1.807) is 24.5 Å². The van der Waals surface area contributed by atoms with Gasteiger partial charge in [0.05, 0.1) is 11.4 Å². The van der Waals surface area contributed by atoms with Crippen LogP contribution in [0, 0.1) is 5.82 Å². The van der Waals surface area contributed by atoms with Crippen molar-refractivity contribution < 1.29 is 4.39 Å². The van der Waals surface area contributed by atoms with Crippen LogP contribution in [0.3, 0.4) is 0 Å². The molecule has 3 aromatic rings. The summed E-state index contributed by atoms with van der Waals surface area (Å²) in [4.78, 5) is 9.09. The molecule has 0 N–H and O–H groups in total. The van der Waals surface area contributed by atoms with Crippen LogP contribution in [-0.2, 0) is 0 Å². The van der Waals surface area contributed by atoms with E-state index in [0.717, 1.165) is 40.1 Å². The second kappa shape index (κ2) is 7.28. The Morgan fingerprint density at radius 1 is 0.852 bits per heavy atom. The van der Waals surface area contributed by atoms with Crippen LogP contribution in [-0.4, -0.2) is 10.7 Å². The SMILES string of the molecule is CC(C)c1cccc(C2=NC(c3ccc(F)cc3)=C(c3ccncc3)C2)c1. The summed E-state index contributed by atoms with van der Waals surface area (Å²) in [5.74, 6) is 0.229. The predicted molar refractivity (Wildman–Crippen MR) is 109 cm³/mol. The Labute approximate surface area is 159 Å². The van der Waals surface area contributed by atoms with Gasteiger partial charge in [-0.2, -0.15) is 0 Å². The Hall–Kier alpha value is -3.07. The van der Waals surface area contributed by atoms with E-state index in [4.69, 9.17) is 4.99 Å². The fraction of sp³-hybridized carbons (Fsp3) is 0.167. The molecule has 0 amide bonds. The van der Waals surface area contributed by atoms with Gasteiger partial charge >= 0.3 is 0 Å². The maximum absolute atomic E-state index is 13.4. The number of halogens is 1. The van der Waals surface area contributed by atoms with E-state index in [1.807, 2.05) is 12.1 Å². The number of nitrogens with zero attached hydrogens (tertiary/aromatic N) is 2. The Morgan fingerprint density at radius 3 is 2.30 bits per heavy atom. The molecule has 3 heteroatoms. The molecule has 2 heterocycles. The summed E-state index contributed by atoms with van der Waals surface area (Å²) in [5, 5.41) is 0. The molecule has 0 radical (unpaired) electrons. The molecular weight excluding hydrogens is 335 g/mol. The van der Waals surface area contributed by atoms with Crippen molar-refractivity contribution >= 4 is 17.0 Å². The van der Waals surface area contributed by atoms with Gasteiger partial charge in [-0.1, -0.05) is 32.0 Å². The minimum atomic E-state index is -0.239. The number of aliphatic imine (C=N–C) groups is 1. The number of aromatic nitrogens is 1. The zero-order chi connectivity index (χ0) is 18.8. The molecule has 1 aliphatic rings. The second-order valence-electron chi connectivity index (χ2n) is 7.09. The number of rotatable bonds is 4. The predicted octanol–water partition coefficient (Wildman–Crippen LogP) is 6.11. The fourth-order valence-corrected chi connectivity index (χ4v) is 3.38. The van der Waals surface area contributed by atoms with Crippen LogP contribution in [0.15, 0.2) is 78.0 Å². The maximum atomic E-state index is 13.4. The van der Waals surface area contributed by atoms with Crippen molar-refractivity contribution in [2.24, 2.45) is 4.99 Å². The van der Waals surface area contributed by atoms with Crippen LogP contribution in [0.4, 0.5) is 4.39 Å². The van der Waals surface area contributed by atoms with Crippen LogP contribution in [0.2, 0.25) is 0 Å². The van der Waals surface area contributed by atoms with Crippen molar-refractivity contribution in [3.8, 4) is 0 Å². The smallest absolute Gasteiger partial charge is 0.123 e. The largest absolute Gasteiger partial charge is 0.265 e. The first-order chi connectivity index (χ1) is 13.1.